The lowest BCUT2D eigenvalue weighted by atomic mass is 10.0. The average Bonchev–Trinajstić information content (AvgIpc) is 2.98. The van der Waals surface area contributed by atoms with Crippen LogP contribution in [0, 0.1) is 12.3 Å². The van der Waals surface area contributed by atoms with Gasteiger partial charge in [0.25, 0.3) is 0 Å². The van der Waals surface area contributed by atoms with E-state index in [1.807, 2.05) is 31.2 Å². The lowest BCUT2D eigenvalue weighted by Crippen LogP contribution is -2.36. The first kappa shape index (κ1) is 16.5. The zero-order valence-corrected chi connectivity index (χ0v) is 13.6. The summed E-state index contributed by atoms with van der Waals surface area (Å²) in [6, 6.07) is 7.84. The first-order valence-corrected chi connectivity index (χ1v) is 8.20. The Bertz CT molecular complexity index is 629. The topological polar surface area (TPSA) is 39.9 Å². The van der Waals surface area contributed by atoms with Crippen molar-refractivity contribution < 1.29 is 4.74 Å². The Morgan fingerprint density at radius 1 is 1.18 bits per heavy atom. The fraction of sp³-hybridized carbons (Fsp3) is 0.556. The van der Waals surface area contributed by atoms with Gasteiger partial charge in [0.2, 0.25) is 5.72 Å². The summed E-state index contributed by atoms with van der Waals surface area (Å²) in [6.45, 7) is 4.73. The number of hydrogen-bond donors (Lipinski definition) is 0. The van der Waals surface area contributed by atoms with Gasteiger partial charge in [-0.25, -0.2) is 4.68 Å². The highest BCUT2D eigenvalue weighted by Crippen LogP contribution is 2.28. The number of nitrogens with zero attached hydrogens (tertiary/aromatic N) is 3. The largest absolute Gasteiger partial charge is 0.344 e. The monoisotopic (exact) mass is 299 g/mol. The Kier molecular flexibility index (Phi) is 5.97. The van der Waals surface area contributed by atoms with E-state index in [-0.39, 0.29) is 0 Å². The van der Waals surface area contributed by atoms with Crippen LogP contribution in [-0.4, -0.2) is 21.6 Å². The van der Waals surface area contributed by atoms with Gasteiger partial charge < -0.3 is 4.74 Å². The van der Waals surface area contributed by atoms with Crippen LogP contribution in [0.1, 0.15) is 52.4 Å². The molecular weight excluding hydrogens is 274 g/mol. The van der Waals surface area contributed by atoms with E-state index in [2.05, 4.69) is 23.2 Å². The van der Waals surface area contributed by atoms with E-state index < -0.39 is 5.72 Å². The van der Waals surface area contributed by atoms with Gasteiger partial charge in [0.1, 0.15) is 5.52 Å². The summed E-state index contributed by atoms with van der Waals surface area (Å²) in [5.74, 6) is 2.84. The first-order chi connectivity index (χ1) is 10.8. The number of benzene rings is 1. The van der Waals surface area contributed by atoms with Crippen molar-refractivity contribution in [3.63, 3.8) is 0 Å². The van der Waals surface area contributed by atoms with E-state index in [1.165, 1.54) is 19.3 Å². The number of para-hydroxylation sites is 1. The Balaban J connectivity index is 2.23. The van der Waals surface area contributed by atoms with Crippen LogP contribution < -0.4 is 0 Å². The number of rotatable bonds is 9. The van der Waals surface area contributed by atoms with Gasteiger partial charge in [-0.2, -0.15) is 0 Å². The molecule has 1 unspecified atom stereocenters. The van der Waals surface area contributed by atoms with Crippen LogP contribution in [0.15, 0.2) is 24.3 Å². The molecule has 4 nitrogen and oxygen atoms in total. The van der Waals surface area contributed by atoms with Crippen LogP contribution in [-0.2, 0) is 10.5 Å². The number of aromatic nitrogens is 3. The van der Waals surface area contributed by atoms with Gasteiger partial charge in [0.15, 0.2) is 0 Å². The Hall–Kier alpha value is -1.86. The SMILES string of the molecule is C#CC(CCCCCCC)(OCC)n1nnc2ccccc21. The Morgan fingerprint density at radius 3 is 2.68 bits per heavy atom. The van der Waals surface area contributed by atoms with E-state index in [0.29, 0.717) is 6.61 Å². The van der Waals surface area contributed by atoms with E-state index >= 15 is 0 Å². The number of unbranched alkanes of at least 4 members (excludes halogenated alkanes) is 4. The minimum atomic E-state index is -0.836. The van der Waals surface area contributed by atoms with E-state index in [4.69, 9.17) is 11.2 Å². The van der Waals surface area contributed by atoms with Gasteiger partial charge in [-0.15, -0.1) is 11.5 Å². The standard InChI is InChI=1S/C18H25N3O/c1-4-7-8-9-12-15-18(5-2,22-6-3)21-17-14-11-10-13-16(17)19-20-21/h2,10-11,13-14H,4,6-9,12,15H2,1,3H3. The van der Waals surface area contributed by atoms with Crippen molar-refractivity contribution in [1.29, 1.82) is 0 Å². The summed E-state index contributed by atoms with van der Waals surface area (Å²) in [5.41, 5.74) is 0.923. The maximum atomic E-state index is 5.96. The molecule has 118 valence electrons. The number of fused-ring (bicyclic) bond motifs is 1. The summed E-state index contributed by atoms with van der Waals surface area (Å²) < 4.78 is 7.73. The van der Waals surface area contributed by atoms with Gasteiger partial charge in [0, 0.05) is 13.0 Å². The summed E-state index contributed by atoms with van der Waals surface area (Å²) in [7, 11) is 0. The van der Waals surface area contributed by atoms with E-state index in [0.717, 1.165) is 30.3 Å². The molecule has 0 amide bonds. The Labute approximate surface area is 132 Å². The molecule has 0 N–H and O–H groups in total. The third-order valence-corrected chi connectivity index (χ3v) is 3.92. The van der Waals surface area contributed by atoms with Crippen LogP contribution in [0.2, 0.25) is 0 Å². The summed E-state index contributed by atoms with van der Waals surface area (Å²) in [6.07, 6.45) is 12.5. The molecule has 0 aliphatic carbocycles. The average molecular weight is 299 g/mol. The number of terminal acetylenes is 1. The molecule has 0 saturated heterocycles. The summed E-state index contributed by atoms with van der Waals surface area (Å²) >= 11 is 0. The molecule has 2 aromatic rings. The molecule has 0 saturated carbocycles. The normalized spacial score (nSPS) is 13.9. The second-order valence-electron chi connectivity index (χ2n) is 5.52. The van der Waals surface area contributed by atoms with Crippen LogP contribution in [0.25, 0.3) is 11.0 Å². The van der Waals surface area contributed by atoms with E-state index in [1.54, 1.807) is 4.68 Å². The third kappa shape index (κ3) is 3.48. The zero-order valence-electron chi connectivity index (χ0n) is 13.6. The van der Waals surface area contributed by atoms with Gasteiger partial charge in [-0.05, 0) is 31.4 Å². The van der Waals surface area contributed by atoms with Crippen molar-refractivity contribution in [3.8, 4) is 12.3 Å². The van der Waals surface area contributed by atoms with Gasteiger partial charge in [0.05, 0.1) is 5.52 Å². The van der Waals surface area contributed by atoms with Crippen molar-refractivity contribution in [1.82, 2.24) is 15.0 Å². The molecule has 1 aromatic heterocycles. The molecule has 0 spiro atoms. The van der Waals surface area contributed by atoms with Gasteiger partial charge in [-0.3, -0.25) is 0 Å². The predicted molar refractivity (Wildman–Crippen MR) is 89.3 cm³/mol. The molecule has 0 bridgehead atoms. The molecule has 0 fully saturated rings. The van der Waals surface area contributed by atoms with Crippen LogP contribution in [0.4, 0.5) is 0 Å². The molecular formula is C18H25N3O. The third-order valence-electron chi connectivity index (χ3n) is 3.92. The second kappa shape index (κ2) is 7.95. The van der Waals surface area contributed by atoms with Crippen molar-refractivity contribution in [2.75, 3.05) is 6.61 Å². The maximum Gasteiger partial charge on any atom is 0.225 e. The van der Waals surface area contributed by atoms with Crippen molar-refractivity contribution >= 4 is 11.0 Å². The summed E-state index contributed by atoms with van der Waals surface area (Å²) in [4.78, 5) is 0. The quantitative estimate of drug-likeness (QED) is 0.516. The molecule has 1 heterocycles. The highest BCUT2D eigenvalue weighted by atomic mass is 16.5. The lowest BCUT2D eigenvalue weighted by Gasteiger charge is -2.28. The maximum absolute atomic E-state index is 5.96. The van der Waals surface area contributed by atoms with Gasteiger partial charge in [-0.1, -0.05) is 50.0 Å². The van der Waals surface area contributed by atoms with Crippen molar-refractivity contribution in [2.45, 2.75) is 58.1 Å². The molecule has 0 radical (unpaired) electrons. The number of ether oxygens (including phenoxy) is 1. The zero-order chi connectivity index (χ0) is 15.8. The number of hydrogen-bond acceptors (Lipinski definition) is 3. The Morgan fingerprint density at radius 2 is 1.95 bits per heavy atom. The fourth-order valence-corrected chi connectivity index (χ4v) is 2.76. The smallest absolute Gasteiger partial charge is 0.225 e. The lowest BCUT2D eigenvalue weighted by molar-refractivity contribution is -0.0678. The van der Waals surface area contributed by atoms with Crippen molar-refractivity contribution in [2.24, 2.45) is 0 Å². The molecule has 0 aliphatic rings. The minimum Gasteiger partial charge on any atom is -0.344 e. The minimum absolute atomic E-state index is 0.549. The molecule has 1 atom stereocenters. The summed E-state index contributed by atoms with van der Waals surface area (Å²) in [5, 5.41) is 8.48. The highest BCUT2D eigenvalue weighted by molar-refractivity contribution is 5.74. The molecule has 1 aromatic carbocycles. The second-order valence-corrected chi connectivity index (χ2v) is 5.52. The molecule has 22 heavy (non-hydrogen) atoms. The van der Waals surface area contributed by atoms with Crippen LogP contribution in [0.5, 0.6) is 0 Å². The molecule has 0 aliphatic heterocycles. The van der Waals surface area contributed by atoms with E-state index in [9.17, 15) is 0 Å². The highest BCUT2D eigenvalue weighted by Gasteiger charge is 2.32. The van der Waals surface area contributed by atoms with Gasteiger partial charge >= 0.3 is 0 Å². The fourth-order valence-electron chi connectivity index (χ4n) is 2.76. The van der Waals surface area contributed by atoms with Crippen molar-refractivity contribution in [3.05, 3.63) is 24.3 Å². The molecule has 4 heteroatoms. The predicted octanol–water partition coefficient (Wildman–Crippen LogP) is 4.11. The van der Waals surface area contributed by atoms with Crippen LogP contribution in [0.3, 0.4) is 0 Å². The van der Waals surface area contributed by atoms with Crippen LogP contribution >= 0.6 is 0 Å². The molecule has 2 rings (SSSR count). The first-order valence-electron chi connectivity index (χ1n) is 8.20.